The maximum atomic E-state index is 11.9. The Balaban J connectivity index is 1.86. The predicted octanol–water partition coefficient (Wildman–Crippen LogP) is 2.26. The molecule has 8 heteroatoms. The Hall–Kier alpha value is -2.06. The summed E-state index contributed by atoms with van der Waals surface area (Å²) in [4.78, 5) is 0. The van der Waals surface area contributed by atoms with E-state index < -0.39 is 20.0 Å². The van der Waals surface area contributed by atoms with Crippen molar-refractivity contribution < 1.29 is 16.8 Å². The number of hydrogen-bond donors (Lipinski definition) is 2. The molecule has 2 aromatic rings. The van der Waals surface area contributed by atoms with Gasteiger partial charge in [-0.05, 0) is 30.7 Å². The highest BCUT2D eigenvalue weighted by atomic mass is 32.2. The van der Waals surface area contributed by atoms with Gasteiger partial charge < -0.3 is 0 Å². The van der Waals surface area contributed by atoms with Crippen LogP contribution >= 0.6 is 0 Å². The van der Waals surface area contributed by atoms with Crippen LogP contribution in [0.3, 0.4) is 0 Å². The van der Waals surface area contributed by atoms with Crippen molar-refractivity contribution in [1.82, 2.24) is 0 Å². The summed E-state index contributed by atoms with van der Waals surface area (Å²) in [6, 6.07) is 16.9. The summed E-state index contributed by atoms with van der Waals surface area (Å²) in [5, 5.41) is 0. The topological polar surface area (TPSA) is 92.3 Å². The zero-order valence-electron chi connectivity index (χ0n) is 12.3. The maximum Gasteiger partial charge on any atom is 0.232 e. The Morgan fingerprint density at radius 3 is 1.30 bits per heavy atom. The van der Waals surface area contributed by atoms with Crippen LogP contribution in [0.1, 0.15) is 6.42 Å². The molecule has 0 aliphatic heterocycles. The quantitative estimate of drug-likeness (QED) is 0.760. The van der Waals surface area contributed by atoms with Gasteiger partial charge in [0.1, 0.15) is 0 Å². The molecule has 0 unspecified atom stereocenters. The lowest BCUT2D eigenvalue weighted by Crippen LogP contribution is -2.22. The van der Waals surface area contributed by atoms with Crippen molar-refractivity contribution in [2.24, 2.45) is 0 Å². The molecule has 0 aromatic heterocycles. The Morgan fingerprint density at radius 1 is 0.609 bits per heavy atom. The molecule has 0 aliphatic carbocycles. The molecular formula is C15H18N2O4S2. The minimum atomic E-state index is -3.57. The summed E-state index contributed by atoms with van der Waals surface area (Å²) in [5.74, 6) is -0.533. The molecule has 0 saturated carbocycles. The average Bonchev–Trinajstić information content (AvgIpc) is 2.47. The van der Waals surface area contributed by atoms with Gasteiger partial charge in [0.05, 0.1) is 11.5 Å². The van der Waals surface area contributed by atoms with E-state index in [4.69, 9.17) is 0 Å². The van der Waals surface area contributed by atoms with E-state index in [0.29, 0.717) is 11.4 Å². The number of rotatable bonds is 8. The fourth-order valence-electron chi connectivity index (χ4n) is 1.91. The van der Waals surface area contributed by atoms with Gasteiger partial charge in [0, 0.05) is 11.4 Å². The van der Waals surface area contributed by atoms with Crippen molar-refractivity contribution in [2.75, 3.05) is 20.9 Å². The van der Waals surface area contributed by atoms with Crippen molar-refractivity contribution >= 4 is 31.4 Å². The first-order valence-corrected chi connectivity index (χ1v) is 10.3. The zero-order valence-corrected chi connectivity index (χ0v) is 14.0. The fourth-order valence-corrected chi connectivity index (χ4v) is 4.34. The van der Waals surface area contributed by atoms with Gasteiger partial charge in [-0.3, -0.25) is 9.44 Å². The largest absolute Gasteiger partial charge is 0.284 e. The van der Waals surface area contributed by atoms with E-state index in [0.717, 1.165) is 0 Å². The van der Waals surface area contributed by atoms with Crippen LogP contribution in [0, 0.1) is 0 Å². The van der Waals surface area contributed by atoms with Crippen LogP contribution < -0.4 is 9.44 Å². The normalized spacial score (nSPS) is 11.8. The second kappa shape index (κ2) is 7.47. The molecule has 2 aromatic carbocycles. The maximum absolute atomic E-state index is 11.9. The highest BCUT2D eigenvalue weighted by molar-refractivity contribution is 7.93. The van der Waals surface area contributed by atoms with Crippen LogP contribution in [0.25, 0.3) is 0 Å². The molecule has 124 valence electrons. The van der Waals surface area contributed by atoms with Gasteiger partial charge in [-0.1, -0.05) is 36.4 Å². The first kappa shape index (κ1) is 17.3. The van der Waals surface area contributed by atoms with Crippen molar-refractivity contribution in [3.05, 3.63) is 60.7 Å². The first-order chi connectivity index (χ1) is 10.9. The van der Waals surface area contributed by atoms with Crippen LogP contribution in [0.4, 0.5) is 11.4 Å². The lowest BCUT2D eigenvalue weighted by molar-refractivity contribution is 0.595. The van der Waals surface area contributed by atoms with Crippen molar-refractivity contribution in [2.45, 2.75) is 6.42 Å². The van der Waals surface area contributed by atoms with E-state index in [-0.39, 0.29) is 17.9 Å². The average molecular weight is 354 g/mol. The fraction of sp³-hybridized carbons (Fsp3) is 0.200. The summed E-state index contributed by atoms with van der Waals surface area (Å²) in [5.41, 5.74) is 0.913. The number of anilines is 2. The SMILES string of the molecule is O=S(=O)(CCCS(=O)(=O)Nc1ccccc1)Nc1ccccc1. The number of benzene rings is 2. The van der Waals surface area contributed by atoms with Crippen molar-refractivity contribution in [1.29, 1.82) is 0 Å². The minimum Gasteiger partial charge on any atom is -0.284 e. The van der Waals surface area contributed by atoms with Crippen molar-refractivity contribution in [3.63, 3.8) is 0 Å². The van der Waals surface area contributed by atoms with Crippen LogP contribution in [0.2, 0.25) is 0 Å². The number of hydrogen-bond acceptors (Lipinski definition) is 4. The molecule has 0 saturated heterocycles. The molecule has 0 amide bonds. The van der Waals surface area contributed by atoms with Gasteiger partial charge in [0.25, 0.3) is 0 Å². The lowest BCUT2D eigenvalue weighted by atomic mass is 10.3. The smallest absolute Gasteiger partial charge is 0.232 e. The number of para-hydroxylation sites is 2. The zero-order chi connectivity index (χ0) is 16.8. The second-order valence-electron chi connectivity index (χ2n) is 4.93. The molecular weight excluding hydrogens is 336 g/mol. The molecule has 2 N–H and O–H groups in total. The van der Waals surface area contributed by atoms with E-state index in [1.165, 1.54) is 0 Å². The Morgan fingerprint density at radius 2 is 0.957 bits per heavy atom. The van der Waals surface area contributed by atoms with Crippen LogP contribution in [0.15, 0.2) is 60.7 Å². The molecule has 0 aliphatic rings. The molecule has 6 nitrogen and oxygen atoms in total. The van der Waals surface area contributed by atoms with Gasteiger partial charge in [-0.25, -0.2) is 16.8 Å². The summed E-state index contributed by atoms with van der Waals surface area (Å²) >= 11 is 0. The molecule has 0 fully saturated rings. The van der Waals surface area contributed by atoms with Gasteiger partial charge in [0.15, 0.2) is 0 Å². The van der Waals surface area contributed by atoms with Gasteiger partial charge in [0.2, 0.25) is 20.0 Å². The minimum absolute atomic E-state index is 0.00430. The first-order valence-electron chi connectivity index (χ1n) is 6.97. The van der Waals surface area contributed by atoms with Gasteiger partial charge in [-0.15, -0.1) is 0 Å². The van der Waals surface area contributed by atoms with Crippen LogP contribution in [0.5, 0.6) is 0 Å². The Bertz CT molecular complexity index is 749. The third kappa shape index (κ3) is 6.29. The summed E-state index contributed by atoms with van der Waals surface area (Å²) < 4.78 is 52.5. The standard InChI is InChI=1S/C15H18N2O4S2/c18-22(19,16-14-8-3-1-4-9-14)12-7-13-23(20,21)17-15-10-5-2-6-11-15/h1-6,8-11,16-17H,7,12-13H2. The monoisotopic (exact) mass is 354 g/mol. The Kier molecular flexibility index (Phi) is 5.62. The molecule has 0 atom stereocenters. The highest BCUT2D eigenvalue weighted by Gasteiger charge is 2.15. The molecule has 0 spiro atoms. The second-order valence-corrected chi connectivity index (χ2v) is 8.61. The van der Waals surface area contributed by atoms with E-state index in [1.54, 1.807) is 60.7 Å². The predicted molar refractivity (Wildman–Crippen MR) is 92.3 cm³/mol. The summed E-state index contributed by atoms with van der Waals surface area (Å²) in [6.07, 6.45) is 0.00430. The lowest BCUT2D eigenvalue weighted by Gasteiger charge is -2.09. The third-order valence-electron chi connectivity index (χ3n) is 2.92. The van der Waals surface area contributed by atoms with Crippen molar-refractivity contribution in [3.8, 4) is 0 Å². The number of nitrogens with one attached hydrogen (secondary N) is 2. The summed E-state index contributed by atoms with van der Waals surface area (Å²) in [7, 11) is -7.14. The molecule has 2 rings (SSSR count). The van der Waals surface area contributed by atoms with Crippen LogP contribution in [-0.4, -0.2) is 28.3 Å². The van der Waals surface area contributed by atoms with Gasteiger partial charge >= 0.3 is 0 Å². The van der Waals surface area contributed by atoms with E-state index in [9.17, 15) is 16.8 Å². The van der Waals surface area contributed by atoms with E-state index in [1.807, 2.05) is 0 Å². The highest BCUT2D eigenvalue weighted by Crippen LogP contribution is 2.11. The van der Waals surface area contributed by atoms with Gasteiger partial charge in [-0.2, -0.15) is 0 Å². The summed E-state index contributed by atoms with van der Waals surface area (Å²) in [6.45, 7) is 0. The molecule has 0 bridgehead atoms. The van der Waals surface area contributed by atoms with E-state index >= 15 is 0 Å². The number of sulfonamides is 2. The molecule has 0 radical (unpaired) electrons. The Labute approximate surface area is 136 Å². The molecule has 0 heterocycles. The third-order valence-corrected chi connectivity index (χ3v) is 5.67. The van der Waals surface area contributed by atoms with E-state index in [2.05, 4.69) is 9.44 Å². The molecule has 23 heavy (non-hydrogen) atoms. The van der Waals surface area contributed by atoms with Crippen LogP contribution in [-0.2, 0) is 20.0 Å².